The summed E-state index contributed by atoms with van der Waals surface area (Å²) in [5.74, 6) is 1.24. The summed E-state index contributed by atoms with van der Waals surface area (Å²) in [5, 5.41) is 3.13. The van der Waals surface area contributed by atoms with Gasteiger partial charge in [0.2, 0.25) is 0 Å². The number of hydrogen-bond acceptors (Lipinski definition) is 4. The van der Waals surface area contributed by atoms with Crippen LogP contribution < -0.4 is 10.1 Å². The van der Waals surface area contributed by atoms with Crippen molar-refractivity contribution in [1.82, 2.24) is 10.2 Å². The lowest BCUT2D eigenvalue weighted by Gasteiger charge is -2.38. The van der Waals surface area contributed by atoms with Crippen LogP contribution in [-0.4, -0.2) is 56.8 Å². The first-order valence-corrected chi connectivity index (χ1v) is 9.83. The molecule has 25 heavy (non-hydrogen) atoms. The Kier molecular flexibility index (Phi) is 8.19. The minimum Gasteiger partial charge on any atom is -0.496 e. The van der Waals surface area contributed by atoms with Crippen LogP contribution in [0, 0.1) is 5.92 Å². The molecule has 140 valence electrons. The molecule has 0 spiro atoms. The molecule has 1 fully saturated rings. The maximum absolute atomic E-state index is 12.6. The third-order valence-corrected chi connectivity index (χ3v) is 5.61. The predicted octanol–water partition coefficient (Wildman–Crippen LogP) is 3.32. The summed E-state index contributed by atoms with van der Waals surface area (Å²) in [5.41, 5.74) is 0.637. The number of amides is 1. The van der Waals surface area contributed by atoms with Crippen molar-refractivity contribution in [3.8, 4) is 5.75 Å². The molecule has 1 N–H and O–H groups in total. The third kappa shape index (κ3) is 5.43. The number of morpholine rings is 1. The fourth-order valence-corrected chi connectivity index (χ4v) is 3.98. The number of benzene rings is 1. The van der Waals surface area contributed by atoms with E-state index >= 15 is 0 Å². The summed E-state index contributed by atoms with van der Waals surface area (Å²) >= 11 is 3.44. The van der Waals surface area contributed by atoms with Crippen molar-refractivity contribution < 1.29 is 14.3 Å². The Hall–Kier alpha value is -1.11. The normalized spacial score (nSPS) is 16.7. The van der Waals surface area contributed by atoms with Gasteiger partial charge in [-0.25, -0.2) is 0 Å². The first-order valence-electron chi connectivity index (χ1n) is 9.04. The molecule has 0 radical (unpaired) electrons. The highest BCUT2D eigenvalue weighted by atomic mass is 79.9. The number of methoxy groups -OCH3 is 1. The Bertz CT molecular complexity index is 558. The first-order chi connectivity index (χ1) is 12.1. The number of carbonyl (C=O) groups is 1. The number of carbonyl (C=O) groups excluding carboxylic acids is 1. The van der Waals surface area contributed by atoms with Crippen LogP contribution in [0.25, 0.3) is 0 Å². The zero-order valence-corrected chi connectivity index (χ0v) is 17.0. The second-order valence-electron chi connectivity index (χ2n) is 6.35. The summed E-state index contributed by atoms with van der Waals surface area (Å²) in [7, 11) is 1.61. The number of ether oxygens (including phenoxy) is 2. The summed E-state index contributed by atoms with van der Waals surface area (Å²) in [6, 6.07) is 5.75. The molecule has 6 heteroatoms. The second-order valence-corrected chi connectivity index (χ2v) is 7.21. The fourth-order valence-electron chi connectivity index (χ4n) is 3.44. The van der Waals surface area contributed by atoms with Crippen LogP contribution in [0.1, 0.15) is 37.0 Å². The van der Waals surface area contributed by atoms with Gasteiger partial charge in [-0.05, 0) is 40.0 Å². The van der Waals surface area contributed by atoms with Gasteiger partial charge in [-0.2, -0.15) is 0 Å². The molecule has 1 unspecified atom stereocenters. The lowest BCUT2D eigenvalue weighted by molar-refractivity contribution is 0.00191. The Morgan fingerprint density at radius 2 is 2.00 bits per heavy atom. The Labute approximate surface area is 159 Å². The molecule has 0 saturated carbocycles. The molecule has 0 bridgehead atoms. The van der Waals surface area contributed by atoms with Gasteiger partial charge in [0, 0.05) is 31.2 Å². The Morgan fingerprint density at radius 1 is 1.32 bits per heavy atom. The highest BCUT2D eigenvalue weighted by Crippen LogP contribution is 2.25. The second kappa shape index (κ2) is 10.1. The van der Waals surface area contributed by atoms with Gasteiger partial charge in [0.1, 0.15) is 5.75 Å². The van der Waals surface area contributed by atoms with E-state index < -0.39 is 0 Å². The van der Waals surface area contributed by atoms with Crippen LogP contribution in [-0.2, 0) is 4.74 Å². The van der Waals surface area contributed by atoms with Crippen molar-refractivity contribution >= 4 is 21.8 Å². The smallest absolute Gasteiger partial charge is 0.251 e. The Morgan fingerprint density at radius 3 is 2.56 bits per heavy atom. The number of rotatable bonds is 8. The molecule has 0 aromatic heterocycles. The monoisotopic (exact) mass is 412 g/mol. The maximum atomic E-state index is 12.6. The summed E-state index contributed by atoms with van der Waals surface area (Å²) in [4.78, 5) is 15.0. The zero-order valence-electron chi connectivity index (χ0n) is 15.4. The van der Waals surface area contributed by atoms with Crippen molar-refractivity contribution in [1.29, 1.82) is 0 Å². The van der Waals surface area contributed by atoms with Crippen molar-refractivity contribution in [2.45, 2.75) is 32.7 Å². The van der Waals surface area contributed by atoms with E-state index in [4.69, 9.17) is 9.47 Å². The molecular weight excluding hydrogens is 384 g/mol. The van der Waals surface area contributed by atoms with Gasteiger partial charge in [-0.15, -0.1) is 0 Å². The van der Waals surface area contributed by atoms with Gasteiger partial charge in [0.25, 0.3) is 5.91 Å². The summed E-state index contributed by atoms with van der Waals surface area (Å²) in [6.45, 7) is 8.53. The minimum atomic E-state index is -0.0485. The maximum Gasteiger partial charge on any atom is 0.251 e. The van der Waals surface area contributed by atoms with Crippen LogP contribution in [0.5, 0.6) is 5.75 Å². The molecule has 0 aliphatic carbocycles. The average Bonchev–Trinajstić information content (AvgIpc) is 2.65. The SMILES string of the molecule is CCC(CC)C(CNC(=O)c1ccc(OC)c(Br)c1)N1CCOCC1. The van der Waals surface area contributed by atoms with Crippen LogP contribution in [0.3, 0.4) is 0 Å². The van der Waals surface area contributed by atoms with Crippen molar-refractivity contribution in [2.24, 2.45) is 5.92 Å². The molecule has 1 aliphatic rings. The number of nitrogens with one attached hydrogen (secondary N) is 1. The van der Waals surface area contributed by atoms with E-state index in [9.17, 15) is 4.79 Å². The molecule has 1 aromatic rings. The van der Waals surface area contributed by atoms with E-state index in [-0.39, 0.29) is 5.91 Å². The van der Waals surface area contributed by atoms with Gasteiger partial charge in [-0.3, -0.25) is 9.69 Å². The van der Waals surface area contributed by atoms with E-state index in [0.29, 0.717) is 24.1 Å². The molecule has 1 amide bonds. The molecule has 1 saturated heterocycles. The fraction of sp³-hybridized carbons (Fsp3) is 0.632. The molecule has 2 rings (SSSR count). The molecule has 1 heterocycles. The lowest BCUT2D eigenvalue weighted by Crippen LogP contribution is -2.52. The molecule has 1 aliphatic heterocycles. The standard InChI is InChI=1S/C19H29BrN2O3/c1-4-14(5-2)17(22-8-10-25-11-9-22)13-21-19(23)15-6-7-18(24-3)16(20)12-15/h6-7,12,14,17H,4-5,8-11,13H2,1-3H3,(H,21,23). The topological polar surface area (TPSA) is 50.8 Å². The Balaban J connectivity index is 2.03. The molecule has 5 nitrogen and oxygen atoms in total. The highest BCUT2D eigenvalue weighted by molar-refractivity contribution is 9.10. The zero-order chi connectivity index (χ0) is 18.2. The highest BCUT2D eigenvalue weighted by Gasteiger charge is 2.27. The van der Waals surface area contributed by atoms with E-state index in [1.54, 1.807) is 25.3 Å². The van der Waals surface area contributed by atoms with Gasteiger partial charge in [0.15, 0.2) is 0 Å². The van der Waals surface area contributed by atoms with Crippen LogP contribution in [0.2, 0.25) is 0 Å². The average molecular weight is 413 g/mol. The number of nitrogens with zero attached hydrogens (tertiary/aromatic N) is 1. The quantitative estimate of drug-likeness (QED) is 0.711. The van der Waals surface area contributed by atoms with Gasteiger partial charge < -0.3 is 14.8 Å². The van der Waals surface area contributed by atoms with Crippen molar-refractivity contribution in [2.75, 3.05) is 40.0 Å². The van der Waals surface area contributed by atoms with Gasteiger partial charge >= 0.3 is 0 Å². The van der Waals surface area contributed by atoms with Gasteiger partial charge in [0.05, 0.1) is 24.8 Å². The van der Waals surface area contributed by atoms with E-state index in [1.165, 1.54) is 0 Å². The first kappa shape index (κ1) is 20.2. The van der Waals surface area contributed by atoms with Crippen molar-refractivity contribution in [3.05, 3.63) is 28.2 Å². The summed E-state index contributed by atoms with van der Waals surface area (Å²) in [6.07, 6.45) is 2.23. The van der Waals surface area contributed by atoms with Gasteiger partial charge in [-0.1, -0.05) is 26.7 Å². The van der Waals surface area contributed by atoms with E-state index in [2.05, 4.69) is 40.0 Å². The third-order valence-electron chi connectivity index (χ3n) is 4.99. The van der Waals surface area contributed by atoms with E-state index in [0.717, 1.165) is 49.4 Å². The molecule has 1 aromatic carbocycles. The number of hydrogen-bond donors (Lipinski definition) is 1. The minimum absolute atomic E-state index is 0.0485. The van der Waals surface area contributed by atoms with Crippen molar-refractivity contribution in [3.63, 3.8) is 0 Å². The molecule has 1 atom stereocenters. The van der Waals surface area contributed by atoms with Crippen LogP contribution >= 0.6 is 15.9 Å². The molecular formula is C19H29BrN2O3. The van der Waals surface area contributed by atoms with E-state index in [1.807, 2.05) is 0 Å². The predicted molar refractivity (Wildman–Crippen MR) is 103 cm³/mol. The largest absolute Gasteiger partial charge is 0.496 e. The summed E-state index contributed by atoms with van der Waals surface area (Å²) < 4.78 is 11.5. The lowest BCUT2D eigenvalue weighted by atomic mass is 9.92. The number of halogens is 1. The van der Waals surface area contributed by atoms with Crippen LogP contribution in [0.4, 0.5) is 0 Å². The van der Waals surface area contributed by atoms with Crippen LogP contribution in [0.15, 0.2) is 22.7 Å².